The summed E-state index contributed by atoms with van der Waals surface area (Å²) in [4.78, 5) is 12.5. The highest BCUT2D eigenvalue weighted by atomic mass is 19.2. The predicted molar refractivity (Wildman–Crippen MR) is 127 cm³/mol. The fourth-order valence-corrected chi connectivity index (χ4v) is 3.84. The van der Waals surface area contributed by atoms with Gasteiger partial charge in [0.25, 0.3) is 0 Å². The van der Waals surface area contributed by atoms with Gasteiger partial charge in [0, 0.05) is 16.7 Å². The fourth-order valence-electron chi connectivity index (χ4n) is 3.84. The van der Waals surface area contributed by atoms with Gasteiger partial charge in [0.05, 0.1) is 12.2 Å². The molecule has 0 aromatic heterocycles. The van der Waals surface area contributed by atoms with Gasteiger partial charge in [-0.1, -0.05) is 61.2 Å². The molecule has 4 aromatic rings. The molecule has 1 saturated heterocycles. The Balaban J connectivity index is 1.34. The number of carbonyl (C=O) groups excluding carboxylic acids is 1. The van der Waals surface area contributed by atoms with E-state index >= 15 is 0 Å². The number of epoxide rings is 1. The van der Waals surface area contributed by atoms with E-state index in [2.05, 4.69) is 6.58 Å². The Labute approximate surface area is 204 Å². The molecule has 0 spiro atoms. The van der Waals surface area contributed by atoms with E-state index in [1.807, 2.05) is 0 Å². The maximum atomic E-state index is 14.7. The summed E-state index contributed by atoms with van der Waals surface area (Å²) < 4.78 is 68.3. The average molecular weight is 490 g/mol. The van der Waals surface area contributed by atoms with E-state index in [9.17, 15) is 22.4 Å². The standard InChI is InChI=1S/C29H18F4O3/c1-2-16-3-5-17(6-4-16)21-13-14-23(28(33)26(21)31)36-29(34)19-9-7-18(8-10-19)20-11-12-22(24-15-35-24)27(32)25(20)30/h2-14,24H,1,15H2. The van der Waals surface area contributed by atoms with Crippen molar-refractivity contribution in [2.24, 2.45) is 0 Å². The molecular weight excluding hydrogens is 472 g/mol. The lowest BCUT2D eigenvalue weighted by atomic mass is 10.0. The second-order valence-corrected chi connectivity index (χ2v) is 8.18. The molecule has 4 aromatic carbocycles. The van der Waals surface area contributed by atoms with Gasteiger partial charge in [-0.3, -0.25) is 0 Å². The number of rotatable bonds is 6. The van der Waals surface area contributed by atoms with Crippen LogP contribution in [0.1, 0.15) is 27.6 Å². The third-order valence-corrected chi connectivity index (χ3v) is 5.93. The van der Waals surface area contributed by atoms with Crippen molar-refractivity contribution >= 4 is 12.0 Å². The molecule has 7 heteroatoms. The summed E-state index contributed by atoms with van der Waals surface area (Å²) in [6.07, 6.45) is 1.20. The molecule has 5 rings (SSSR count). The van der Waals surface area contributed by atoms with Crippen LogP contribution in [0.3, 0.4) is 0 Å². The Hall–Kier alpha value is -4.23. The largest absolute Gasteiger partial charge is 0.420 e. The van der Waals surface area contributed by atoms with Crippen LogP contribution in [0.2, 0.25) is 0 Å². The van der Waals surface area contributed by atoms with Crippen LogP contribution in [0.25, 0.3) is 28.3 Å². The maximum absolute atomic E-state index is 14.7. The molecule has 1 unspecified atom stereocenters. The number of hydrogen-bond donors (Lipinski definition) is 0. The highest BCUT2D eigenvalue weighted by Gasteiger charge is 2.30. The van der Waals surface area contributed by atoms with Gasteiger partial charge in [-0.25, -0.2) is 18.0 Å². The van der Waals surface area contributed by atoms with Crippen molar-refractivity contribution in [2.75, 3.05) is 6.61 Å². The molecule has 1 fully saturated rings. The van der Waals surface area contributed by atoms with Crippen LogP contribution in [0.5, 0.6) is 5.75 Å². The second kappa shape index (κ2) is 9.43. The minimum absolute atomic E-state index is 0.0146. The lowest BCUT2D eigenvalue weighted by Gasteiger charge is -2.11. The average Bonchev–Trinajstić information content (AvgIpc) is 3.74. The first-order chi connectivity index (χ1) is 17.4. The van der Waals surface area contributed by atoms with Crippen molar-refractivity contribution in [2.45, 2.75) is 6.10 Å². The summed E-state index contributed by atoms with van der Waals surface area (Å²) in [5, 5.41) is 0. The fraction of sp³-hybridized carbons (Fsp3) is 0.0690. The summed E-state index contributed by atoms with van der Waals surface area (Å²) in [7, 11) is 0. The predicted octanol–water partition coefficient (Wildman–Crippen LogP) is 7.51. The number of esters is 1. The molecule has 180 valence electrons. The molecule has 0 radical (unpaired) electrons. The van der Waals surface area contributed by atoms with E-state index in [-0.39, 0.29) is 22.3 Å². The Morgan fingerprint density at radius 3 is 1.92 bits per heavy atom. The Kier molecular flexibility index (Phi) is 6.16. The molecule has 0 N–H and O–H groups in total. The van der Waals surface area contributed by atoms with E-state index in [1.165, 1.54) is 48.5 Å². The van der Waals surface area contributed by atoms with Gasteiger partial charge in [-0.2, -0.15) is 4.39 Å². The van der Waals surface area contributed by atoms with Crippen LogP contribution in [0, 0.1) is 23.3 Å². The first-order valence-electron chi connectivity index (χ1n) is 11.0. The third-order valence-electron chi connectivity index (χ3n) is 5.93. The minimum atomic E-state index is -1.30. The molecule has 0 saturated carbocycles. The third kappa shape index (κ3) is 4.41. The van der Waals surface area contributed by atoms with Gasteiger partial charge in [0.15, 0.2) is 23.2 Å². The molecular formula is C29H18F4O3. The van der Waals surface area contributed by atoms with Crippen molar-refractivity contribution in [1.82, 2.24) is 0 Å². The van der Waals surface area contributed by atoms with Crippen LogP contribution in [-0.4, -0.2) is 12.6 Å². The summed E-state index contributed by atoms with van der Waals surface area (Å²) >= 11 is 0. The van der Waals surface area contributed by atoms with Gasteiger partial charge in [-0.05, 0) is 41.0 Å². The Morgan fingerprint density at radius 1 is 0.778 bits per heavy atom. The van der Waals surface area contributed by atoms with Gasteiger partial charge in [-0.15, -0.1) is 0 Å². The van der Waals surface area contributed by atoms with E-state index in [4.69, 9.17) is 9.47 Å². The van der Waals surface area contributed by atoms with Gasteiger partial charge >= 0.3 is 5.97 Å². The SMILES string of the molecule is C=Cc1ccc(-c2ccc(OC(=O)c3ccc(-c4ccc(C5CO5)c(F)c4F)cc3)c(F)c2F)cc1. The van der Waals surface area contributed by atoms with Gasteiger partial charge < -0.3 is 9.47 Å². The molecule has 0 aliphatic carbocycles. The van der Waals surface area contributed by atoms with Crippen molar-refractivity contribution in [3.05, 3.63) is 119 Å². The van der Waals surface area contributed by atoms with Crippen LogP contribution in [0.4, 0.5) is 17.6 Å². The quantitative estimate of drug-likeness (QED) is 0.122. The monoisotopic (exact) mass is 490 g/mol. The van der Waals surface area contributed by atoms with Crippen LogP contribution in [0.15, 0.2) is 79.4 Å². The van der Waals surface area contributed by atoms with Crippen LogP contribution < -0.4 is 4.74 Å². The van der Waals surface area contributed by atoms with Crippen molar-refractivity contribution in [3.8, 4) is 28.0 Å². The van der Waals surface area contributed by atoms with Crippen molar-refractivity contribution in [1.29, 1.82) is 0 Å². The van der Waals surface area contributed by atoms with E-state index in [1.54, 1.807) is 30.3 Å². The van der Waals surface area contributed by atoms with Gasteiger partial charge in [0.1, 0.15) is 6.10 Å². The molecule has 1 aliphatic heterocycles. The summed E-state index contributed by atoms with van der Waals surface area (Å²) in [6, 6.07) is 17.6. The molecule has 1 aliphatic rings. The first kappa shape index (κ1) is 23.5. The van der Waals surface area contributed by atoms with E-state index in [0.29, 0.717) is 17.7 Å². The highest BCUT2D eigenvalue weighted by molar-refractivity contribution is 5.91. The number of carbonyl (C=O) groups is 1. The topological polar surface area (TPSA) is 38.8 Å². The molecule has 36 heavy (non-hydrogen) atoms. The zero-order chi connectivity index (χ0) is 25.4. The lowest BCUT2D eigenvalue weighted by Crippen LogP contribution is -2.10. The summed E-state index contributed by atoms with van der Waals surface area (Å²) in [6.45, 7) is 4.00. The lowest BCUT2D eigenvalue weighted by molar-refractivity contribution is 0.0727. The van der Waals surface area contributed by atoms with Crippen LogP contribution >= 0.6 is 0 Å². The summed E-state index contributed by atoms with van der Waals surface area (Å²) in [5.41, 5.74) is 1.82. The molecule has 1 atom stereocenters. The second-order valence-electron chi connectivity index (χ2n) is 8.18. The Morgan fingerprint density at radius 2 is 1.33 bits per heavy atom. The number of hydrogen-bond acceptors (Lipinski definition) is 3. The van der Waals surface area contributed by atoms with E-state index < -0.39 is 41.1 Å². The number of benzene rings is 4. The smallest absolute Gasteiger partial charge is 0.343 e. The first-order valence-corrected chi connectivity index (χ1v) is 11.0. The van der Waals surface area contributed by atoms with E-state index in [0.717, 1.165) is 5.56 Å². The molecule has 3 nitrogen and oxygen atoms in total. The van der Waals surface area contributed by atoms with Gasteiger partial charge in [0.2, 0.25) is 5.82 Å². The minimum Gasteiger partial charge on any atom is -0.420 e. The Bertz CT molecular complexity index is 1470. The number of halogens is 4. The summed E-state index contributed by atoms with van der Waals surface area (Å²) in [5.74, 6) is -5.96. The van der Waals surface area contributed by atoms with Crippen molar-refractivity contribution in [3.63, 3.8) is 0 Å². The molecule has 0 amide bonds. The molecule has 1 heterocycles. The zero-order valence-corrected chi connectivity index (χ0v) is 18.7. The van der Waals surface area contributed by atoms with Crippen LogP contribution in [-0.2, 0) is 4.74 Å². The highest BCUT2D eigenvalue weighted by Crippen LogP contribution is 2.36. The molecule has 0 bridgehead atoms. The van der Waals surface area contributed by atoms with Crippen molar-refractivity contribution < 1.29 is 31.8 Å². The number of ether oxygens (including phenoxy) is 2. The maximum Gasteiger partial charge on any atom is 0.343 e. The normalized spacial score (nSPS) is 14.4. The zero-order valence-electron chi connectivity index (χ0n) is 18.7.